The molecular weight excluding hydrogens is 359 g/mol. The first kappa shape index (κ1) is 19.2. The van der Waals surface area contributed by atoms with Crippen LogP contribution in [-0.4, -0.2) is 41.0 Å². The fourth-order valence-corrected chi connectivity index (χ4v) is 2.90. The Kier molecular flexibility index (Phi) is 5.36. The molecule has 5 nitrogen and oxygen atoms in total. The minimum atomic E-state index is -4.44. The van der Waals surface area contributed by atoms with Crippen molar-refractivity contribution in [1.29, 1.82) is 0 Å². The molecule has 2 atom stereocenters. The number of halogens is 3. The van der Waals surface area contributed by atoms with E-state index in [-0.39, 0.29) is 23.9 Å². The van der Waals surface area contributed by atoms with Crippen molar-refractivity contribution < 1.29 is 22.7 Å². The first-order chi connectivity index (χ1) is 12.8. The van der Waals surface area contributed by atoms with Gasteiger partial charge < -0.3 is 15.0 Å². The molecule has 3 rings (SSSR count). The van der Waals surface area contributed by atoms with Crippen molar-refractivity contribution in [3.05, 3.63) is 53.7 Å². The van der Waals surface area contributed by atoms with Crippen LogP contribution >= 0.6 is 0 Å². The normalized spacial score (nSPS) is 20.4. The second kappa shape index (κ2) is 7.56. The molecule has 1 fully saturated rings. The maximum absolute atomic E-state index is 12.7. The number of rotatable bonds is 3. The standard InChI is InChI=1S/C19H20F3N3O2/c1-12-13(2)25(10-9-23-12)18(26)14-3-6-16(7-4-14)27-17-8-5-15(11-24-17)19(20,21)22/h3-8,11-13,23H,9-10H2,1-2H3. The van der Waals surface area contributed by atoms with Crippen molar-refractivity contribution >= 4 is 5.91 Å². The van der Waals surface area contributed by atoms with E-state index in [1.54, 1.807) is 24.3 Å². The van der Waals surface area contributed by atoms with Crippen LogP contribution in [0.3, 0.4) is 0 Å². The van der Waals surface area contributed by atoms with E-state index >= 15 is 0 Å². The van der Waals surface area contributed by atoms with Gasteiger partial charge in [0.15, 0.2) is 0 Å². The largest absolute Gasteiger partial charge is 0.439 e. The van der Waals surface area contributed by atoms with E-state index in [1.807, 2.05) is 18.7 Å². The number of amides is 1. The van der Waals surface area contributed by atoms with Crippen molar-refractivity contribution in [2.45, 2.75) is 32.1 Å². The number of pyridine rings is 1. The molecule has 1 aliphatic heterocycles. The highest BCUT2D eigenvalue weighted by molar-refractivity contribution is 5.94. The number of carbonyl (C=O) groups excluding carboxylic acids is 1. The fraction of sp³-hybridized carbons (Fsp3) is 0.368. The fourth-order valence-electron chi connectivity index (χ4n) is 2.90. The molecule has 1 N–H and O–H groups in total. The Morgan fingerprint density at radius 2 is 1.89 bits per heavy atom. The molecule has 1 aromatic heterocycles. The maximum atomic E-state index is 12.7. The molecule has 2 unspecified atom stereocenters. The van der Waals surface area contributed by atoms with Crippen LogP contribution < -0.4 is 10.1 Å². The molecule has 0 bridgehead atoms. The lowest BCUT2D eigenvalue weighted by atomic mass is 10.1. The zero-order valence-electron chi connectivity index (χ0n) is 15.0. The van der Waals surface area contributed by atoms with Gasteiger partial charge in [-0.1, -0.05) is 0 Å². The van der Waals surface area contributed by atoms with Crippen molar-refractivity contribution in [3.63, 3.8) is 0 Å². The number of nitrogens with one attached hydrogen (secondary N) is 1. The summed E-state index contributed by atoms with van der Waals surface area (Å²) in [6.07, 6.45) is -3.72. The van der Waals surface area contributed by atoms with Crippen molar-refractivity contribution in [2.75, 3.05) is 13.1 Å². The molecule has 144 valence electrons. The Morgan fingerprint density at radius 3 is 2.48 bits per heavy atom. The summed E-state index contributed by atoms with van der Waals surface area (Å²) in [5, 5.41) is 3.33. The van der Waals surface area contributed by atoms with Crippen molar-refractivity contribution in [1.82, 2.24) is 15.2 Å². The van der Waals surface area contributed by atoms with Gasteiger partial charge in [0.2, 0.25) is 5.88 Å². The summed E-state index contributed by atoms with van der Waals surface area (Å²) in [6, 6.07) is 8.85. The van der Waals surface area contributed by atoms with Gasteiger partial charge in [-0.3, -0.25) is 4.79 Å². The van der Waals surface area contributed by atoms with Crippen LogP contribution in [0.2, 0.25) is 0 Å². The molecular formula is C19H20F3N3O2. The van der Waals surface area contributed by atoms with Gasteiger partial charge in [-0.25, -0.2) is 4.98 Å². The molecule has 0 spiro atoms. The highest BCUT2D eigenvalue weighted by Gasteiger charge is 2.31. The summed E-state index contributed by atoms with van der Waals surface area (Å²) in [6.45, 7) is 5.43. The van der Waals surface area contributed by atoms with Crippen LogP contribution in [0.25, 0.3) is 0 Å². The molecule has 1 aliphatic rings. The summed E-state index contributed by atoms with van der Waals surface area (Å²) in [5.41, 5.74) is -0.307. The summed E-state index contributed by atoms with van der Waals surface area (Å²) < 4.78 is 43.1. The average molecular weight is 379 g/mol. The van der Waals surface area contributed by atoms with E-state index in [4.69, 9.17) is 4.74 Å². The Bertz CT molecular complexity index is 791. The first-order valence-electron chi connectivity index (χ1n) is 8.61. The molecule has 0 radical (unpaired) electrons. The lowest BCUT2D eigenvalue weighted by Crippen LogP contribution is -2.57. The summed E-state index contributed by atoms with van der Waals surface area (Å²) in [4.78, 5) is 18.2. The van der Waals surface area contributed by atoms with Crippen LogP contribution in [-0.2, 0) is 6.18 Å². The van der Waals surface area contributed by atoms with Gasteiger partial charge in [-0.05, 0) is 44.2 Å². The number of carbonyl (C=O) groups is 1. The van der Waals surface area contributed by atoms with Gasteiger partial charge in [-0.2, -0.15) is 13.2 Å². The highest BCUT2D eigenvalue weighted by atomic mass is 19.4. The zero-order chi connectivity index (χ0) is 19.6. The van der Waals surface area contributed by atoms with Crippen LogP contribution in [0.1, 0.15) is 29.8 Å². The second-order valence-electron chi connectivity index (χ2n) is 6.49. The van der Waals surface area contributed by atoms with Gasteiger partial charge in [0, 0.05) is 43.0 Å². The van der Waals surface area contributed by atoms with E-state index in [0.29, 0.717) is 17.9 Å². The number of aromatic nitrogens is 1. The average Bonchev–Trinajstić information content (AvgIpc) is 2.64. The van der Waals surface area contributed by atoms with Crippen LogP contribution in [0, 0.1) is 0 Å². The summed E-state index contributed by atoms with van der Waals surface area (Å²) in [7, 11) is 0. The van der Waals surface area contributed by atoms with Gasteiger partial charge in [0.25, 0.3) is 5.91 Å². The third kappa shape index (κ3) is 4.39. The Hall–Kier alpha value is -2.61. The Balaban J connectivity index is 1.67. The lowest BCUT2D eigenvalue weighted by molar-refractivity contribution is -0.137. The SMILES string of the molecule is CC1NCCN(C(=O)c2ccc(Oc3ccc(C(F)(F)F)cn3)cc2)C1C. The molecule has 1 amide bonds. The third-order valence-electron chi connectivity index (χ3n) is 4.68. The number of benzene rings is 1. The van der Waals surface area contributed by atoms with E-state index in [9.17, 15) is 18.0 Å². The zero-order valence-corrected chi connectivity index (χ0v) is 15.0. The van der Waals surface area contributed by atoms with Gasteiger partial charge >= 0.3 is 6.18 Å². The Morgan fingerprint density at radius 1 is 1.19 bits per heavy atom. The number of piperazine rings is 1. The van der Waals surface area contributed by atoms with Gasteiger partial charge in [-0.15, -0.1) is 0 Å². The number of ether oxygens (including phenoxy) is 1. The predicted octanol–water partition coefficient (Wildman–Crippen LogP) is 3.72. The summed E-state index contributed by atoms with van der Waals surface area (Å²) in [5.74, 6) is 0.377. The molecule has 8 heteroatoms. The predicted molar refractivity (Wildman–Crippen MR) is 93.7 cm³/mol. The number of nitrogens with zero attached hydrogens (tertiary/aromatic N) is 2. The second-order valence-corrected chi connectivity index (χ2v) is 6.49. The smallest absolute Gasteiger partial charge is 0.417 e. The van der Waals surface area contributed by atoms with Crippen LogP contribution in [0.15, 0.2) is 42.6 Å². The van der Waals surface area contributed by atoms with Crippen molar-refractivity contribution in [3.8, 4) is 11.6 Å². The van der Waals surface area contributed by atoms with Crippen LogP contribution in [0.5, 0.6) is 11.6 Å². The van der Waals surface area contributed by atoms with E-state index in [2.05, 4.69) is 10.3 Å². The topological polar surface area (TPSA) is 54.5 Å². The lowest BCUT2D eigenvalue weighted by Gasteiger charge is -2.38. The van der Waals surface area contributed by atoms with Crippen LogP contribution in [0.4, 0.5) is 13.2 Å². The molecule has 1 saturated heterocycles. The quantitative estimate of drug-likeness (QED) is 0.883. The minimum absolute atomic E-state index is 0.0478. The molecule has 27 heavy (non-hydrogen) atoms. The Labute approximate surface area is 155 Å². The number of alkyl halides is 3. The van der Waals surface area contributed by atoms with E-state index in [1.165, 1.54) is 0 Å². The minimum Gasteiger partial charge on any atom is -0.439 e. The number of hydrogen-bond acceptors (Lipinski definition) is 4. The molecule has 2 aromatic rings. The van der Waals surface area contributed by atoms with Gasteiger partial charge in [0.05, 0.1) is 5.56 Å². The third-order valence-corrected chi connectivity index (χ3v) is 4.68. The number of hydrogen-bond donors (Lipinski definition) is 1. The highest BCUT2D eigenvalue weighted by Crippen LogP contribution is 2.30. The van der Waals surface area contributed by atoms with E-state index in [0.717, 1.165) is 24.9 Å². The molecule has 0 saturated carbocycles. The summed E-state index contributed by atoms with van der Waals surface area (Å²) >= 11 is 0. The molecule has 0 aliphatic carbocycles. The monoisotopic (exact) mass is 379 g/mol. The molecule has 1 aromatic carbocycles. The first-order valence-corrected chi connectivity index (χ1v) is 8.61. The molecule has 2 heterocycles. The maximum Gasteiger partial charge on any atom is 0.417 e. The van der Waals surface area contributed by atoms with Gasteiger partial charge in [0.1, 0.15) is 5.75 Å². The van der Waals surface area contributed by atoms with E-state index < -0.39 is 11.7 Å². The van der Waals surface area contributed by atoms with Crippen molar-refractivity contribution in [2.24, 2.45) is 0 Å².